The second-order valence-electron chi connectivity index (χ2n) is 12.9. The van der Waals surface area contributed by atoms with Gasteiger partial charge in [0.2, 0.25) is 0 Å². The highest BCUT2D eigenvalue weighted by atomic mass is 16.4. The number of carboxylic acid groups (broad SMARTS) is 2. The zero-order chi connectivity index (χ0) is 41.6. The number of carboxylic acids is 2. The number of unbranched alkanes of at least 4 members (excludes halogenated alkanes) is 2. The average molecular weight is 800 g/mol. The highest BCUT2D eigenvalue weighted by molar-refractivity contribution is 5.93. The highest BCUT2D eigenvalue weighted by Crippen LogP contribution is 2.35. The molecule has 300 valence electrons. The number of hydrogen-bond acceptors (Lipinski definition) is 16. The van der Waals surface area contributed by atoms with Gasteiger partial charge in [-0.2, -0.15) is 44.7 Å². The third-order valence-corrected chi connectivity index (χ3v) is 8.88. The first-order valence-electron chi connectivity index (χ1n) is 18.4. The molecule has 0 spiro atoms. The predicted molar refractivity (Wildman–Crippen MR) is 211 cm³/mol. The molecule has 59 heavy (non-hydrogen) atoms. The van der Waals surface area contributed by atoms with Crippen molar-refractivity contribution in [1.82, 2.24) is 54.1 Å². The lowest BCUT2D eigenvalue weighted by molar-refractivity contribution is 0.0686. The maximum absolute atomic E-state index is 12.1. The maximum atomic E-state index is 12.1. The van der Waals surface area contributed by atoms with Crippen molar-refractivity contribution in [1.29, 1.82) is 0 Å². The Labute approximate surface area is 334 Å². The first kappa shape index (κ1) is 39.1. The van der Waals surface area contributed by atoms with Crippen molar-refractivity contribution in [3.05, 3.63) is 95.6 Å². The van der Waals surface area contributed by atoms with Gasteiger partial charge < -0.3 is 26.8 Å². The van der Waals surface area contributed by atoms with E-state index in [-0.39, 0.29) is 57.7 Å². The van der Waals surface area contributed by atoms with E-state index in [1.807, 2.05) is 26.0 Å². The molecular weight excluding hydrogens is 763 g/mol. The van der Waals surface area contributed by atoms with E-state index in [0.29, 0.717) is 48.4 Å². The van der Waals surface area contributed by atoms with Crippen LogP contribution in [-0.4, -0.2) is 81.3 Å². The van der Waals surface area contributed by atoms with Crippen LogP contribution >= 0.6 is 0 Å². The standard InChI is InChI=1S/C37H37N17O5/c1-3-5-17-25-27(45-47-31-23(33(55)56)19-40-51(31)21-13-9-7-10-14-21)29(38)53(49-25)35-42-36(44-37(59)43-35)54-30(39)28(26(50-54)18-6-4-2)46-48-32-24(34(57)58)20-41-52(32)22-15-11-8-12-16-22/h7-16,19-20H,3-6,17-18,38-39H2,1-2H3,(H,55,56)(H,57,58)(H,42,43,44,59). The number of nitrogens with two attached hydrogens (primary N) is 2. The molecule has 0 unspecified atom stereocenters. The summed E-state index contributed by atoms with van der Waals surface area (Å²) < 4.78 is 4.98. The van der Waals surface area contributed by atoms with Crippen LogP contribution in [0.3, 0.4) is 0 Å². The number of azo groups is 2. The number of para-hydroxylation sites is 2. The lowest BCUT2D eigenvalue weighted by Crippen LogP contribution is -2.13. The zero-order valence-electron chi connectivity index (χ0n) is 31.7. The van der Waals surface area contributed by atoms with E-state index in [0.717, 1.165) is 22.2 Å². The summed E-state index contributed by atoms with van der Waals surface area (Å²) in [5.41, 5.74) is 15.0. The van der Waals surface area contributed by atoms with Crippen molar-refractivity contribution < 1.29 is 24.9 Å². The van der Waals surface area contributed by atoms with Crippen LogP contribution in [0.2, 0.25) is 0 Å². The highest BCUT2D eigenvalue weighted by Gasteiger charge is 2.25. The normalized spacial score (nSPS) is 11.6. The predicted octanol–water partition coefficient (Wildman–Crippen LogP) is 6.40. The van der Waals surface area contributed by atoms with Gasteiger partial charge in [-0.25, -0.2) is 19.0 Å². The van der Waals surface area contributed by atoms with Crippen molar-refractivity contribution in [3.8, 4) is 29.3 Å². The van der Waals surface area contributed by atoms with E-state index >= 15 is 0 Å². The Morgan fingerprint density at radius 3 is 1.39 bits per heavy atom. The molecule has 5 heterocycles. The molecule has 0 aliphatic rings. The molecule has 0 atom stereocenters. The molecule has 22 heteroatoms. The van der Waals surface area contributed by atoms with Crippen molar-refractivity contribution in [2.24, 2.45) is 20.5 Å². The summed E-state index contributed by atoms with van der Waals surface area (Å²) in [4.78, 5) is 36.9. The van der Waals surface area contributed by atoms with E-state index in [9.17, 15) is 24.9 Å². The minimum atomic E-state index is -1.26. The number of nitrogen functional groups attached to an aromatic ring is 2. The van der Waals surface area contributed by atoms with Crippen LogP contribution in [0.5, 0.6) is 6.01 Å². The molecule has 0 fully saturated rings. The van der Waals surface area contributed by atoms with Crippen molar-refractivity contribution >= 4 is 46.6 Å². The first-order chi connectivity index (χ1) is 28.6. The minimum absolute atomic E-state index is 0.0536. The Kier molecular flexibility index (Phi) is 11.2. The van der Waals surface area contributed by atoms with E-state index in [1.54, 1.807) is 48.5 Å². The zero-order valence-corrected chi connectivity index (χ0v) is 31.7. The number of rotatable bonds is 16. The van der Waals surface area contributed by atoms with Gasteiger partial charge in [0.15, 0.2) is 34.6 Å². The first-order valence-corrected chi connectivity index (χ1v) is 18.4. The summed E-state index contributed by atoms with van der Waals surface area (Å²) in [6, 6.07) is 17.0. The Morgan fingerprint density at radius 2 is 1.02 bits per heavy atom. The van der Waals surface area contributed by atoms with Crippen LogP contribution < -0.4 is 11.5 Å². The fourth-order valence-electron chi connectivity index (χ4n) is 5.91. The maximum Gasteiger partial charge on any atom is 0.341 e. The number of benzene rings is 2. The molecule has 0 radical (unpaired) electrons. The Hall–Kier alpha value is -8.17. The summed E-state index contributed by atoms with van der Waals surface area (Å²) in [5, 5.41) is 65.6. The number of hydrogen-bond donors (Lipinski definition) is 5. The molecule has 0 aliphatic heterocycles. The molecule has 7 N–H and O–H groups in total. The van der Waals surface area contributed by atoms with Gasteiger partial charge in [0, 0.05) is 0 Å². The lowest BCUT2D eigenvalue weighted by atomic mass is 10.2. The van der Waals surface area contributed by atoms with Crippen molar-refractivity contribution in [3.63, 3.8) is 0 Å². The number of anilines is 2. The molecule has 0 saturated heterocycles. The van der Waals surface area contributed by atoms with Crippen LogP contribution in [0.4, 0.5) is 34.6 Å². The molecule has 22 nitrogen and oxygen atoms in total. The van der Waals surface area contributed by atoms with E-state index in [1.165, 1.54) is 21.8 Å². The van der Waals surface area contributed by atoms with E-state index < -0.39 is 17.9 Å². The quantitative estimate of drug-likeness (QED) is 0.0661. The molecular formula is C37H37N17O5. The summed E-state index contributed by atoms with van der Waals surface area (Å²) in [7, 11) is 0. The van der Waals surface area contributed by atoms with Gasteiger partial charge in [-0.15, -0.1) is 20.5 Å². The fourth-order valence-corrected chi connectivity index (χ4v) is 5.91. The molecule has 0 aliphatic carbocycles. The summed E-state index contributed by atoms with van der Waals surface area (Å²) in [5.74, 6) is -3.22. The van der Waals surface area contributed by atoms with Gasteiger partial charge in [-0.05, 0) is 49.9 Å². The number of aryl methyl sites for hydroxylation is 2. The molecule has 0 amide bonds. The van der Waals surface area contributed by atoms with Gasteiger partial charge in [0.25, 0.3) is 11.9 Å². The number of nitrogens with zero attached hydrogens (tertiary/aromatic N) is 15. The number of carbonyl (C=O) groups is 2. The van der Waals surface area contributed by atoms with Crippen molar-refractivity contribution in [2.75, 3.05) is 11.5 Å². The summed E-state index contributed by atoms with van der Waals surface area (Å²) in [6.45, 7) is 3.99. The van der Waals surface area contributed by atoms with Crippen LogP contribution in [0, 0.1) is 0 Å². The monoisotopic (exact) mass is 799 g/mol. The van der Waals surface area contributed by atoms with Gasteiger partial charge in [0.05, 0.1) is 35.2 Å². The lowest BCUT2D eigenvalue weighted by Gasteiger charge is -2.06. The van der Waals surface area contributed by atoms with Crippen LogP contribution in [-0.2, 0) is 12.8 Å². The molecule has 7 rings (SSSR count). The molecule has 2 aromatic carbocycles. The number of aromatic carboxylic acids is 2. The van der Waals surface area contributed by atoms with Gasteiger partial charge in [-0.3, -0.25) is 0 Å². The SMILES string of the molecule is CCCCc1nn(-c2nc(O)nc(-n3nc(CCCC)c(N=Nc4c(C(=O)O)cnn4-c4ccccc4)c3N)n2)c(N)c1N=Nc1c(C(=O)O)cnn1-c1ccccc1. The molecule has 0 saturated carbocycles. The molecule has 7 aromatic rings. The second kappa shape index (κ2) is 16.9. The Balaban J connectivity index is 1.30. The third-order valence-electron chi connectivity index (χ3n) is 8.88. The topological polar surface area (TPSA) is 306 Å². The summed E-state index contributed by atoms with van der Waals surface area (Å²) >= 11 is 0. The molecule has 5 aromatic heterocycles. The Bertz CT molecular complexity index is 2520. The van der Waals surface area contributed by atoms with Gasteiger partial charge in [-0.1, -0.05) is 63.1 Å². The van der Waals surface area contributed by atoms with Gasteiger partial charge >= 0.3 is 17.9 Å². The van der Waals surface area contributed by atoms with Crippen LogP contribution in [0.15, 0.2) is 93.5 Å². The van der Waals surface area contributed by atoms with Crippen LogP contribution in [0.25, 0.3) is 23.3 Å². The average Bonchev–Trinajstić information content (AvgIpc) is 4.01. The van der Waals surface area contributed by atoms with Crippen LogP contribution in [0.1, 0.15) is 71.6 Å². The number of aromatic hydroxyl groups is 1. The van der Waals surface area contributed by atoms with E-state index in [2.05, 4.69) is 55.8 Å². The van der Waals surface area contributed by atoms with Gasteiger partial charge in [0.1, 0.15) is 11.1 Å². The minimum Gasteiger partial charge on any atom is -0.479 e. The summed E-state index contributed by atoms with van der Waals surface area (Å²) in [6.07, 6.45) is 6.15. The fraction of sp³-hybridized carbons (Fsp3) is 0.216. The third kappa shape index (κ3) is 7.94. The largest absolute Gasteiger partial charge is 0.479 e. The number of aromatic nitrogens is 11. The second-order valence-corrected chi connectivity index (χ2v) is 12.9. The van der Waals surface area contributed by atoms with Crippen molar-refractivity contribution in [2.45, 2.75) is 52.4 Å². The smallest absolute Gasteiger partial charge is 0.341 e. The molecule has 0 bridgehead atoms. The van der Waals surface area contributed by atoms with E-state index in [4.69, 9.17) is 11.5 Å². The Morgan fingerprint density at radius 1 is 0.610 bits per heavy atom.